The van der Waals surface area contributed by atoms with Gasteiger partial charge in [-0.15, -0.1) is 5.92 Å². The second-order valence-corrected chi connectivity index (χ2v) is 3.27. The highest BCUT2D eigenvalue weighted by molar-refractivity contribution is 5.40. The van der Waals surface area contributed by atoms with Gasteiger partial charge in [0.1, 0.15) is 11.5 Å². The number of hydrogen-bond donors (Lipinski definition) is 3. The molecule has 1 unspecified atom stereocenters. The van der Waals surface area contributed by atoms with E-state index in [-0.39, 0.29) is 17.5 Å². The van der Waals surface area contributed by atoms with Gasteiger partial charge >= 0.3 is 0 Å². The summed E-state index contributed by atoms with van der Waals surface area (Å²) in [5.74, 6) is 5.83. The molecule has 0 fully saturated rings. The molecule has 3 heteroatoms. The average Bonchev–Trinajstić information content (AvgIpc) is 2.17. The summed E-state index contributed by atoms with van der Waals surface area (Å²) in [6, 6.07) is 4.59. The van der Waals surface area contributed by atoms with E-state index in [0.29, 0.717) is 6.54 Å². The summed E-state index contributed by atoms with van der Waals surface area (Å²) in [6.07, 6.45) is 0. The van der Waals surface area contributed by atoms with E-state index in [4.69, 9.17) is 5.11 Å². The van der Waals surface area contributed by atoms with Crippen LogP contribution in [0.3, 0.4) is 0 Å². The average molecular weight is 205 g/mol. The first-order chi connectivity index (χ1) is 7.15. The summed E-state index contributed by atoms with van der Waals surface area (Å²) in [7, 11) is 0. The zero-order valence-electron chi connectivity index (χ0n) is 8.91. The van der Waals surface area contributed by atoms with E-state index < -0.39 is 0 Å². The molecule has 1 aromatic carbocycles. The molecule has 0 radical (unpaired) electrons. The Labute approximate surface area is 89.8 Å². The van der Waals surface area contributed by atoms with Gasteiger partial charge in [-0.05, 0) is 19.9 Å². The van der Waals surface area contributed by atoms with Gasteiger partial charge in [-0.2, -0.15) is 0 Å². The minimum absolute atomic E-state index is 0.00597. The van der Waals surface area contributed by atoms with Crippen molar-refractivity contribution in [2.24, 2.45) is 0 Å². The van der Waals surface area contributed by atoms with E-state index >= 15 is 0 Å². The molecule has 1 aromatic rings. The first-order valence-electron chi connectivity index (χ1n) is 4.80. The summed E-state index contributed by atoms with van der Waals surface area (Å²) in [5.41, 5.74) is 0.755. The number of phenols is 2. The van der Waals surface area contributed by atoms with Gasteiger partial charge in [0.25, 0.3) is 0 Å². The zero-order chi connectivity index (χ0) is 11.3. The van der Waals surface area contributed by atoms with E-state index in [9.17, 15) is 5.11 Å². The number of phenolic OH excluding ortho intramolecular Hbond substituents is 2. The SMILES string of the molecule is CC#CCNC(C)c1ccc(O)cc1O. The molecular formula is C12H15NO2. The van der Waals surface area contributed by atoms with Crippen molar-refractivity contribution in [2.75, 3.05) is 6.54 Å². The van der Waals surface area contributed by atoms with Crippen LogP contribution in [0.5, 0.6) is 11.5 Å². The summed E-state index contributed by atoms with van der Waals surface area (Å²) in [4.78, 5) is 0. The lowest BCUT2D eigenvalue weighted by Crippen LogP contribution is -2.18. The Morgan fingerprint density at radius 1 is 1.40 bits per heavy atom. The molecule has 0 aliphatic heterocycles. The molecule has 1 rings (SSSR count). The maximum absolute atomic E-state index is 9.58. The van der Waals surface area contributed by atoms with Crippen molar-refractivity contribution in [3.05, 3.63) is 23.8 Å². The third-order valence-electron chi connectivity index (χ3n) is 2.15. The summed E-state index contributed by atoms with van der Waals surface area (Å²) >= 11 is 0. The molecule has 0 bridgehead atoms. The lowest BCUT2D eigenvalue weighted by Gasteiger charge is -2.13. The zero-order valence-corrected chi connectivity index (χ0v) is 8.91. The molecule has 0 spiro atoms. The van der Waals surface area contributed by atoms with Crippen LogP contribution in [0.2, 0.25) is 0 Å². The predicted molar refractivity (Wildman–Crippen MR) is 59.6 cm³/mol. The predicted octanol–water partition coefficient (Wildman–Crippen LogP) is 1.77. The molecule has 0 saturated carbocycles. The van der Waals surface area contributed by atoms with Crippen LogP contribution in [0.4, 0.5) is 0 Å². The van der Waals surface area contributed by atoms with E-state index in [2.05, 4.69) is 17.2 Å². The summed E-state index contributed by atoms with van der Waals surface area (Å²) < 4.78 is 0. The van der Waals surface area contributed by atoms with Crippen molar-refractivity contribution in [2.45, 2.75) is 19.9 Å². The van der Waals surface area contributed by atoms with Crippen LogP contribution < -0.4 is 5.32 Å². The van der Waals surface area contributed by atoms with Gasteiger partial charge in [-0.25, -0.2) is 0 Å². The minimum atomic E-state index is 0.00597. The van der Waals surface area contributed by atoms with Crippen LogP contribution in [-0.2, 0) is 0 Å². The molecular weight excluding hydrogens is 190 g/mol. The molecule has 0 heterocycles. The van der Waals surface area contributed by atoms with Crippen LogP contribution in [0, 0.1) is 11.8 Å². The molecule has 3 nitrogen and oxygen atoms in total. The van der Waals surface area contributed by atoms with Crippen LogP contribution in [0.25, 0.3) is 0 Å². The fourth-order valence-electron chi connectivity index (χ4n) is 1.30. The van der Waals surface area contributed by atoms with E-state index in [1.54, 1.807) is 19.1 Å². The maximum atomic E-state index is 9.58. The topological polar surface area (TPSA) is 52.5 Å². The van der Waals surface area contributed by atoms with Crippen molar-refractivity contribution >= 4 is 0 Å². The Bertz CT molecular complexity index is 390. The highest BCUT2D eigenvalue weighted by Gasteiger charge is 2.09. The fraction of sp³-hybridized carbons (Fsp3) is 0.333. The highest BCUT2D eigenvalue weighted by atomic mass is 16.3. The highest BCUT2D eigenvalue weighted by Crippen LogP contribution is 2.27. The van der Waals surface area contributed by atoms with Gasteiger partial charge < -0.3 is 10.2 Å². The fourth-order valence-corrected chi connectivity index (χ4v) is 1.30. The van der Waals surface area contributed by atoms with Crippen molar-refractivity contribution in [3.8, 4) is 23.3 Å². The van der Waals surface area contributed by atoms with Gasteiger partial charge in [0.2, 0.25) is 0 Å². The lowest BCUT2D eigenvalue weighted by atomic mass is 10.1. The molecule has 0 aliphatic carbocycles. The molecule has 80 valence electrons. The number of hydrogen-bond acceptors (Lipinski definition) is 3. The second-order valence-electron chi connectivity index (χ2n) is 3.27. The number of aromatic hydroxyl groups is 2. The maximum Gasteiger partial charge on any atom is 0.124 e. The quantitative estimate of drug-likeness (QED) is 0.659. The van der Waals surface area contributed by atoms with Gasteiger partial charge in [0.05, 0.1) is 6.54 Å². The van der Waals surface area contributed by atoms with Crippen LogP contribution in [-0.4, -0.2) is 16.8 Å². The Balaban J connectivity index is 2.71. The first-order valence-corrected chi connectivity index (χ1v) is 4.80. The van der Waals surface area contributed by atoms with E-state index in [1.165, 1.54) is 6.07 Å². The van der Waals surface area contributed by atoms with Crippen LogP contribution in [0.15, 0.2) is 18.2 Å². The van der Waals surface area contributed by atoms with Crippen LogP contribution in [0.1, 0.15) is 25.5 Å². The van der Waals surface area contributed by atoms with Gasteiger partial charge in [-0.1, -0.05) is 12.0 Å². The van der Waals surface area contributed by atoms with E-state index in [0.717, 1.165) is 5.56 Å². The Morgan fingerprint density at radius 2 is 2.13 bits per heavy atom. The third-order valence-corrected chi connectivity index (χ3v) is 2.15. The van der Waals surface area contributed by atoms with Gasteiger partial charge in [0, 0.05) is 17.7 Å². The van der Waals surface area contributed by atoms with Crippen molar-refractivity contribution in [1.29, 1.82) is 0 Å². The van der Waals surface area contributed by atoms with E-state index in [1.807, 2.05) is 6.92 Å². The van der Waals surface area contributed by atoms with Crippen molar-refractivity contribution < 1.29 is 10.2 Å². The van der Waals surface area contributed by atoms with Gasteiger partial charge in [-0.3, -0.25) is 5.32 Å². The molecule has 0 amide bonds. The van der Waals surface area contributed by atoms with Crippen LogP contribution >= 0.6 is 0 Å². The number of benzene rings is 1. The third kappa shape index (κ3) is 3.19. The Kier molecular flexibility index (Phi) is 4.02. The second kappa shape index (κ2) is 5.28. The molecule has 1 atom stereocenters. The molecule has 0 aliphatic rings. The smallest absolute Gasteiger partial charge is 0.124 e. The van der Waals surface area contributed by atoms with Crippen molar-refractivity contribution in [3.63, 3.8) is 0 Å². The molecule has 3 N–H and O–H groups in total. The monoisotopic (exact) mass is 205 g/mol. The summed E-state index contributed by atoms with van der Waals surface area (Å²) in [5, 5.41) is 21.9. The largest absolute Gasteiger partial charge is 0.508 e. The normalized spacial score (nSPS) is 11.6. The number of rotatable bonds is 3. The van der Waals surface area contributed by atoms with Crippen molar-refractivity contribution in [1.82, 2.24) is 5.32 Å². The number of nitrogens with one attached hydrogen (secondary N) is 1. The first kappa shape index (κ1) is 11.4. The molecule has 15 heavy (non-hydrogen) atoms. The minimum Gasteiger partial charge on any atom is -0.508 e. The Hall–Kier alpha value is -1.66. The molecule has 0 saturated heterocycles. The lowest BCUT2D eigenvalue weighted by molar-refractivity contribution is 0.438. The molecule has 0 aromatic heterocycles. The summed E-state index contributed by atoms with van der Waals surface area (Å²) in [6.45, 7) is 4.30. The van der Waals surface area contributed by atoms with Gasteiger partial charge in [0.15, 0.2) is 0 Å². The Morgan fingerprint density at radius 3 is 2.73 bits per heavy atom. The standard InChI is InChI=1S/C12H15NO2/c1-3-4-7-13-9(2)11-6-5-10(14)8-12(11)15/h5-6,8-9,13-15H,7H2,1-2H3.